The number of hydrogen-bond acceptors (Lipinski definition) is 11. The average Bonchev–Trinajstić information content (AvgIpc) is 2.63. The Balaban J connectivity index is 2.56. The zero-order valence-corrected chi connectivity index (χ0v) is 16.8. The average molecular weight is 426 g/mol. The van der Waals surface area contributed by atoms with Crippen LogP contribution < -0.4 is 5.56 Å². The van der Waals surface area contributed by atoms with Gasteiger partial charge in [0.15, 0.2) is 24.5 Å². The largest absolute Gasteiger partial charge is 0.463 e. The molecule has 0 unspecified atom stereocenters. The summed E-state index contributed by atoms with van der Waals surface area (Å²) in [4.78, 5) is 62.6. The molecule has 2 heterocycles. The summed E-state index contributed by atoms with van der Waals surface area (Å²) < 4.78 is 27.7. The van der Waals surface area contributed by atoms with Gasteiger partial charge in [-0.05, 0) is 0 Å². The van der Waals surface area contributed by atoms with Gasteiger partial charge >= 0.3 is 23.9 Å². The quantitative estimate of drug-likeness (QED) is 0.428. The second-order valence-corrected chi connectivity index (χ2v) is 6.42. The monoisotopic (exact) mass is 426 g/mol. The van der Waals surface area contributed by atoms with Crippen LogP contribution in [0.1, 0.15) is 33.9 Å². The molecule has 1 fully saturated rings. The fourth-order valence-electron chi connectivity index (χ4n) is 2.98. The highest BCUT2D eigenvalue weighted by Gasteiger charge is 2.53. The van der Waals surface area contributed by atoms with Gasteiger partial charge in [-0.1, -0.05) is 0 Å². The normalized spacial score (nSPS) is 25.7. The number of hydrogen-bond donors (Lipinski definition) is 0. The van der Waals surface area contributed by atoms with Crippen molar-refractivity contribution in [2.24, 2.45) is 0 Å². The summed E-state index contributed by atoms with van der Waals surface area (Å²) in [6.07, 6.45) is -4.09. The van der Waals surface area contributed by atoms with E-state index in [1.807, 2.05) is 0 Å². The van der Waals surface area contributed by atoms with Crippen LogP contribution in [0.4, 0.5) is 0 Å². The summed E-state index contributed by atoms with van der Waals surface area (Å²) >= 11 is 0. The third kappa shape index (κ3) is 5.86. The molecule has 1 saturated heterocycles. The van der Waals surface area contributed by atoms with Gasteiger partial charge in [-0.2, -0.15) is 0 Å². The van der Waals surface area contributed by atoms with E-state index in [1.54, 1.807) is 0 Å². The van der Waals surface area contributed by atoms with E-state index in [0.29, 0.717) is 0 Å². The van der Waals surface area contributed by atoms with E-state index in [4.69, 9.17) is 23.7 Å². The molecule has 0 aliphatic carbocycles. The van der Waals surface area contributed by atoms with Crippen molar-refractivity contribution in [3.63, 3.8) is 0 Å². The van der Waals surface area contributed by atoms with Gasteiger partial charge in [0.05, 0.1) is 6.33 Å². The van der Waals surface area contributed by atoms with Crippen molar-refractivity contribution in [3.8, 4) is 0 Å². The van der Waals surface area contributed by atoms with Gasteiger partial charge in [0.1, 0.15) is 12.7 Å². The Morgan fingerprint density at radius 2 is 1.50 bits per heavy atom. The Morgan fingerprint density at radius 1 is 0.933 bits per heavy atom. The van der Waals surface area contributed by atoms with Gasteiger partial charge in [0.2, 0.25) is 0 Å². The maximum Gasteiger partial charge on any atom is 0.303 e. The Kier molecular flexibility index (Phi) is 7.64. The minimum Gasteiger partial charge on any atom is -0.463 e. The van der Waals surface area contributed by atoms with Crippen LogP contribution >= 0.6 is 0 Å². The van der Waals surface area contributed by atoms with Crippen molar-refractivity contribution >= 4 is 23.9 Å². The van der Waals surface area contributed by atoms with E-state index < -0.39 is 60.1 Å². The molecule has 0 bridgehead atoms. The Bertz CT molecular complexity index is 867. The molecule has 1 aliphatic rings. The van der Waals surface area contributed by atoms with E-state index in [9.17, 15) is 24.0 Å². The van der Waals surface area contributed by atoms with E-state index in [2.05, 4.69) is 4.98 Å². The summed E-state index contributed by atoms with van der Waals surface area (Å²) in [6, 6.07) is 1.15. The second kappa shape index (κ2) is 9.96. The lowest BCUT2D eigenvalue weighted by atomic mass is 9.97. The van der Waals surface area contributed by atoms with Crippen LogP contribution in [0.25, 0.3) is 0 Å². The highest BCUT2D eigenvalue weighted by molar-refractivity contribution is 5.68. The van der Waals surface area contributed by atoms with Crippen LogP contribution in [0.3, 0.4) is 0 Å². The Labute approximate surface area is 171 Å². The molecule has 0 amide bonds. The zero-order chi connectivity index (χ0) is 22.4. The van der Waals surface area contributed by atoms with Gasteiger partial charge in [-0.25, -0.2) is 4.98 Å². The molecule has 1 aliphatic heterocycles. The molecule has 0 N–H and O–H groups in total. The Hall–Kier alpha value is -3.28. The van der Waals surface area contributed by atoms with Crippen LogP contribution in [0.5, 0.6) is 0 Å². The van der Waals surface area contributed by atoms with E-state index in [-0.39, 0.29) is 6.61 Å². The molecule has 2 rings (SSSR count). The molecule has 12 nitrogen and oxygen atoms in total. The number of aromatic nitrogens is 2. The number of carbonyl (C=O) groups excluding carboxylic acids is 4. The molecule has 0 spiro atoms. The number of esters is 4. The molecule has 164 valence electrons. The lowest BCUT2D eigenvalue weighted by Gasteiger charge is -2.44. The molecule has 1 aromatic rings. The summed E-state index contributed by atoms with van der Waals surface area (Å²) in [5, 5.41) is 0. The molecular formula is C18H22N2O10. The van der Waals surface area contributed by atoms with Gasteiger partial charge in [-0.15, -0.1) is 0 Å². The predicted octanol–water partition coefficient (Wildman–Crippen LogP) is -0.501. The van der Waals surface area contributed by atoms with Crippen molar-refractivity contribution in [2.75, 3.05) is 6.61 Å². The van der Waals surface area contributed by atoms with E-state index in [1.165, 1.54) is 6.20 Å². The summed E-state index contributed by atoms with van der Waals surface area (Å²) in [5.41, 5.74) is -0.550. The highest BCUT2D eigenvalue weighted by atomic mass is 16.7. The molecule has 0 radical (unpaired) electrons. The van der Waals surface area contributed by atoms with Crippen molar-refractivity contribution in [2.45, 2.75) is 58.3 Å². The fourth-order valence-corrected chi connectivity index (χ4v) is 2.98. The number of nitrogens with zero attached hydrogens (tertiary/aromatic N) is 2. The maximum absolute atomic E-state index is 12.3. The number of rotatable bonds is 6. The van der Waals surface area contributed by atoms with E-state index >= 15 is 0 Å². The molecule has 30 heavy (non-hydrogen) atoms. The molecule has 5 atom stereocenters. The standard InChI is InChI=1S/C18H22N2O10/c1-9(21)26-7-13-15(27-10(2)22)16(28-11(3)23)17(29-12(4)24)18(30-13)20-8-19-6-5-14(20)25/h5-6,8,13,15-18H,7H2,1-4H3/t13-,15-,16+,17-,18-/m1/s1. The smallest absolute Gasteiger partial charge is 0.303 e. The van der Waals surface area contributed by atoms with Crippen LogP contribution in [0.15, 0.2) is 23.4 Å². The van der Waals surface area contributed by atoms with Gasteiger partial charge in [0, 0.05) is 40.0 Å². The van der Waals surface area contributed by atoms with Gasteiger partial charge < -0.3 is 23.7 Å². The topological polar surface area (TPSA) is 149 Å². The minimum absolute atomic E-state index is 0.386. The third-order valence-electron chi connectivity index (χ3n) is 3.99. The first-order chi connectivity index (χ1) is 14.1. The third-order valence-corrected chi connectivity index (χ3v) is 3.99. The molecular weight excluding hydrogens is 404 g/mol. The first kappa shape index (κ1) is 23.0. The first-order valence-corrected chi connectivity index (χ1v) is 8.92. The van der Waals surface area contributed by atoms with Crippen molar-refractivity contribution in [1.29, 1.82) is 0 Å². The van der Waals surface area contributed by atoms with Crippen LogP contribution in [-0.4, -0.2) is 64.5 Å². The Morgan fingerprint density at radius 3 is 2.03 bits per heavy atom. The lowest BCUT2D eigenvalue weighted by molar-refractivity contribution is -0.269. The second-order valence-electron chi connectivity index (χ2n) is 6.42. The van der Waals surface area contributed by atoms with Crippen LogP contribution in [0, 0.1) is 0 Å². The fraction of sp³-hybridized carbons (Fsp3) is 0.556. The SMILES string of the molecule is CC(=O)OC[C@H]1O[C@@H](n2cnccc2=O)[C@H](OC(C)=O)[C@@H](OC(C)=O)[C@@H]1OC(C)=O. The summed E-state index contributed by atoms with van der Waals surface area (Å²) in [5.74, 6) is -2.91. The summed E-state index contributed by atoms with van der Waals surface area (Å²) in [6.45, 7) is 4.12. The molecule has 1 aromatic heterocycles. The number of ether oxygens (including phenoxy) is 5. The molecule has 12 heteroatoms. The minimum atomic E-state index is -1.37. The lowest BCUT2D eigenvalue weighted by Crippen LogP contribution is -2.61. The van der Waals surface area contributed by atoms with Crippen molar-refractivity contribution in [3.05, 3.63) is 28.9 Å². The van der Waals surface area contributed by atoms with Crippen molar-refractivity contribution < 1.29 is 42.9 Å². The van der Waals surface area contributed by atoms with Crippen molar-refractivity contribution in [1.82, 2.24) is 9.55 Å². The first-order valence-electron chi connectivity index (χ1n) is 8.92. The maximum atomic E-state index is 12.3. The number of carbonyl (C=O) groups is 4. The van der Waals surface area contributed by atoms with E-state index in [0.717, 1.165) is 44.7 Å². The van der Waals surface area contributed by atoms with Gasteiger partial charge in [0.25, 0.3) is 5.56 Å². The predicted molar refractivity (Wildman–Crippen MR) is 95.7 cm³/mol. The van der Waals surface area contributed by atoms with Crippen LogP contribution in [-0.2, 0) is 42.9 Å². The molecule has 0 saturated carbocycles. The van der Waals surface area contributed by atoms with Gasteiger partial charge in [-0.3, -0.25) is 28.5 Å². The molecule has 0 aromatic carbocycles. The zero-order valence-electron chi connectivity index (χ0n) is 16.8. The summed E-state index contributed by atoms with van der Waals surface area (Å²) in [7, 11) is 0. The highest BCUT2D eigenvalue weighted by Crippen LogP contribution is 2.33. The van der Waals surface area contributed by atoms with Crippen LogP contribution in [0.2, 0.25) is 0 Å².